The molecule has 1 aliphatic rings. The lowest BCUT2D eigenvalue weighted by molar-refractivity contribution is 0.738. The number of hydrogen-bond acceptors (Lipinski definition) is 1. The number of hydrogen-bond donors (Lipinski definition) is 1. The molecule has 0 atom stereocenters. The van der Waals surface area contributed by atoms with Crippen LogP contribution in [0.2, 0.25) is 0 Å². The predicted octanol–water partition coefficient (Wildman–Crippen LogP) is 1.62. The van der Waals surface area contributed by atoms with Gasteiger partial charge in [-0.05, 0) is 24.5 Å². The van der Waals surface area contributed by atoms with Crippen LogP contribution >= 0.6 is 0 Å². The number of benzene rings is 1. The van der Waals surface area contributed by atoms with E-state index in [4.69, 9.17) is 12.2 Å². The van der Waals surface area contributed by atoms with E-state index >= 15 is 0 Å². The van der Waals surface area contributed by atoms with Crippen molar-refractivity contribution in [2.45, 2.75) is 18.4 Å². The maximum atomic E-state index is 6.05. The minimum absolute atomic E-state index is 0.108. The summed E-state index contributed by atoms with van der Waals surface area (Å²) in [6, 6.07) is 7.91. The predicted molar refractivity (Wildman–Crippen MR) is 49.5 cm³/mol. The Morgan fingerprint density at radius 1 is 1.33 bits per heavy atom. The van der Waals surface area contributed by atoms with E-state index in [1.807, 2.05) is 24.3 Å². The second-order valence-electron chi connectivity index (χ2n) is 3.35. The average Bonchev–Trinajstić information content (AvgIpc) is 2.85. The third kappa shape index (κ3) is 1.01. The Labute approximate surface area is 72.6 Å². The fraction of sp³-hybridized carbons (Fsp3) is 0.273. The molecule has 2 N–H and O–H groups in total. The van der Waals surface area contributed by atoms with Crippen molar-refractivity contribution in [3.8, 4) is 12.3 Å². The van der Waals surface area contributed by atoms with E-state index in [9.17, 15) is 0 Å². The standard InChI is InChI=1S/C11H11N/c1-2-9-5-3-4-6-10(9)11(12)7-8-11/h1,3-6H,7-8,12H2. The van der Waals surface area contributed by atoms with Gasteiger partial charge in [-0.3, -0.25) is 0 Å². The molecule has 0 aromatic heterocycles. The highest BCUT2D eigenvalue weighted by molar-refractivity contribution is 5.45. The molecule has 0 heterocycles. The van der Waals surface area contributed by atoms with Crippen LogP contribution in [0.5, 0.6) is 0 Å². The molecule has 12 heavy (non-hydrogen) atoms. The Balaban J connectivity index is 2.50. The summed E-state index contributed by atoms with van der Waals surface area (Å²) < 4.78 is 0. The fourth-order valence-corrected chi connectivity index (χ4v) is 1.45. The van der Waals surface area contributed by atoms with Gasteiger partial charge in [-0.2, -0.15) is 0 Å². The smallest absolute Gasteiger partial charge is 0.0423 e. The van der Waals surface area contributed by atoms with Crippen molar-refractivity contribution in [1.29, 1.82) is 0 Å². The van der Waals surface area contributed by atoms with Gasteiger partial charge in [0.2, 0.25) is 0 Å². The van der Waals surface area contributed by atoms with Crippen LogP contribution < -0.4 is 5.73 Å². The molecule has 0 unspecified atom stereocenters. The van der Waals surface area contributed by atoms with Crippen molar-refractivity contribution in [2.75, 3.05) is 0 Å². The maximum Gasteiger partial charge on any atom is 0.0423 e. The monoisotopic (exact) mass is 157 g/mol. The van der Waals surface area contributed by atoms with Gasteiger partial charge in [0.05, 0.1) is 0 Å². The molecule has 0 aliphatic heterocycles. The van der Waals surface area contributed by atoms with Crippen LogP contribution in [0, 0.1) is 12.3 Å². The molecule has 0 saturated heterocycles. The van der Waals surface area contributed by atoms with Crippen LogP contribution in [-0.2, 0) is 5.54 Å². The topological polar surface area (TPSA) is 26.0 Å². The molecule has 0 radical (unpaired) electrons. The summed E-state index contributed by atoms with van der Waals surface area (Å²) in [6.45, 7) is 0. The van der Waals surface area contributed by atoms with Gasteiger partial charge in [0.1, 0.15) is 0 Å². The molecule has 2 rings (SSSR count). The summed E-state index contributed by atoms with van der Waals surface area (Å²) in [5.74, 6) is 2.66. The molecule has 60 valence electrons. The van der Waals surface area contributed by atoms with Gasteiger partial charge in [-0.25, -0.2) is 0 Å². The van der Waals surface area contributed by atoms with E-state index in [1.165, 1.54) is 0 Å². The highest BCUT2D eigenvalue weighted by atomic mass is 14.8. The van der Waals surface area contributed by atoms with Crippen molar-refractivity contribution in [3.63, 3.8) is 0 Å². The first kappa shape index (κ1) is 7.39. The van der Waals surface area contributed by atoms with Gasteiger partial charge in [0.15, 0.2) is 0 Å². The molecule has 0 amide bonds. The van der Waals surface area contributed by atoms with E-state index in [1.54, 1.807) is 0 Å². The molecule has 1 aromatic carbocycles. The molecule has 1 aliphatic carbocycles. The minimum atomic E-state index is -0.108. The molecule has 1 saturated carbocycles. The first-order valence-electron chi connectivity index (χ1n) is 4.11. The Hall–Kier alpha value is -1.26. The lowest BCUT2D eigenvalue weighted by atomic mass is 10.00. The van der Waals surface area contributed by atoms with Crippen LogP contribution in [0.1, 0.15) is 24.0 Å². The highest BCUT2D eigenvalue weighted by Crippen LogP contribution is 2.43. The molecular formula is C11H11N. The summed E-state index contributed by atoms with van der Waals surface area (Å²) in [4.78, 5) is 0. The van der Waals surface area contributed by atoms with Gasteiger partial charge in [-0.1, -0.05) is 24.1 Å². The largest absolute Gasteiger partial charge is 0.321 e. The third-order valence-corrected chi connectivity index (χ3v) is 2.41. The quantitative estimate of drug-likeness (QED) is 0.616. The van der Waals surface area contributed by atoms with Gasteiger partial charge < -0.3 is 5.73 Å². The first-order chi connectivity index (χ1) is 5.76. The van der Waals surface area contributed by atoms with Crippen molar-refractivity contribution in [2.24, 2.45) is 5.73 Å². The van der Waals surface area contributed by atoms with Crippen molar-refractivity contribution < 1.29 is 0 Å². The molecule has 1 nitrogen and oxygen atoms in total. The van der Waals surface area contributed by atoms with E-state index < -0.39 is 0 Å². The Morgan fingerprint density at radius 3 is 2.58 bits per heavy atom. The summed E-state index contributed by atoms with van der Waals surface area (Å²) in [7, 11) is 0. The maximum absolute atomic E-state index is 6.05. The Kier molecular flexibility index (Phi) is 1.46. The van der Waals surface area contributed by atoms with Crippen molar-refractivity contribution in [3.05, 3.63) is 35.4 Å². The second-order valence-corrected chi connectivity index (χ2v) is 3.35. The van der Waals surface area contributed by atoms with Crippen LogP contribution in [0.3, 0.4) is 0 Å². The average molecular weight is 157 g/mol. The van der Waals surface area contributed by atoms with E-state index in [0.717, 1.165) is 24.0 Å². The van der Waals surface area contributed by atoms with Crippen LogP contribution in [0.15, 0.2) is 24.3 Å². The molecule has 0 spiro atoms. The lowest BCUT2D eigenvalue weighted by Crippen LogP contribution is -2.19. The normalized spacial score (nSPS) is 18.3. The molecule has 0 bridgehead atoms. The molecule has 1 aromatic rings. The first-order valence-corrected chi connectivity index (χ1v) is 4.11. The summed E-state index contributed by atoms with van der Waals surface area (Å²) in [5.41, 5.74) is 8.01. The highest BCUT2D eigenvalue weighted by Gasteiger charge is 2.41. The van der Waals surface area contributed by atoms with Crippen molar-refractivity contribution >= 4 is 0 Å². The fourth-order valence-electron chi connectivity index (χ4n) is 1.45. The van der Waals surface area contributed by atoms with Gasteiger partial charge in [0.25, 0.3) is 0 Å². The van der Waals surface area contributed by atoms with E-state index in [2.05, 4.69) is 5.92 Å². The summed E-state index contributed by atoms with van der Waals surface area (Å²) in [5, 5.41) is 0. The number of nitrogens with two attached hydrogens (primary N) is 1. The molecule has 1 fully saturated rings. The SMILES string of the molecule is C#Cc1ccccc1C1(N)CC1. The zero-order chi connectivity index (χ0) is 8.60. The molecule has 1 heteroatoms. The number of terminal acetylenes is 1. The Morgan fingerprint density at radius 2 is 2.00 bits per heavy atom. The van der Waals surface area contributed by atoms with E-state index in [-0.39, 0.29) is 5.54 Å². The zero-order valence-corrected chi connectivity index (χ0v) is 6.88. The van der Waals surface area contributed by atoms with Crippen LogP contribution in [0.25, 0.3) is 0 Å². The van der Waals surface area contributed by atoms with Crippen LogP contribution in [0.4, 0.5) is 0 Å². The summed E-state index contributed by atoms with van der Waals surface area (Å²) >= 11 is 0. The van der Waals surface area contributed by atoms with E-state index in [0.29, 0.717) is 0 Å². The number of rotatable bonds is 1. The molecular weight excluding hydrogens is 146 g/mol. The van der Waals surface area contributed by atoms with Gasteiger partial charge >= 0.3 is 0 Å². The zero-order valence-electron chi connectivity index (χ0n) is 6.88. The Bertz CT molecular complexity index is 342. The van der Waals surface area contributed by atoms with Gasteiger partial charge in [0, 0.05) is 11.1 Å². The second kappa shape index (κ2) is 2.36. The van der Waals surface area contributed by atoms with Crippen LogP contribution in [-0.4, -0.2) is 0 Å². The third-order valence-electron chi connectivity index (χ3n) is 2.41. The minimum Gasteiger partial charge on any atom is -0.321 e. The van der Waals surface area contributed by atoms with Gasteiger partial charge in [-0.15, -0.1) is 6.42 Å². The summed E-state index contributed by atoms with van der Waals surface area (Å²) in [6.07, 6.45) is 7.49. The van der Waals surface area contributed by atoms with Crippen molar-refractivity contribution in [1.82, 2.24) is 0 Å². The lowest BCUT2D eigenvalue weighted by Gasteiger charge is -2.10.